The summed E-state index contributed by atoms with van der Waals surface area (Å²) in [5.41, 5.74) is 2.25. The first-order valence-corrected chi connectivity index (χ1v) is 7.33. The van der Waals surface area contributed by atoms with Gasteiger partial charge in [-0.15, -0.1) is 0 Å². The average molecular weight is 273 g/mol. The van der Waals surface area contributed by atoms with Gasteiger partial charge >= 0.3 is 0 Å². The van der Waals surface area contributed by atoms with Crippen molar-refractivity contribution in [3.05, 3.63) is 41.6 Å². The number of aryl methyl sites for hydroxylation is 2. The molecule has 0 fully saturated rings. The van der Waals surface area contributed by atoms with Gasteiger partial charge in [0.15, 0.2) is 0 Å². The molecule has 0 aliphatic rings. The highest BCUT2D eigenvalue weighted by molar-refractivity contribution is 7.99. The maximum atomic E-state index is 4.54. The van der Waals surface area contributed by atoms with E-state index in [1.54, 1.807) is 11.8 Å². The molecule has 0 aliphatic carbocycles. The van der Waals surface area contributed by atoms with E-state index >= 15 is 0 Å². The SMILES string of the molecule is CCCNc1nc(C)cc(Sc2cccc(C)c2)n1. The molecular weight excluding hydrogens is 254 g/mol. The summed E-state index contributed by atoms with van der Waals surface area (Å²) in [5.74, 6) is 0.719. The smallest absolute Gasteiger partial charge is 0.223 e. The molecule has 4 heteroatoms. The zero-order chi connectivity index (χ0) is 13.7. The second kappa shape index (κ2) is 6.57. The van der Waals surface area contributed by atoms with Crippen LogP contribution >= 0.6 is 11.8 Å². The molecule has 0 atom stereocenters. The van der Waals surface area contributed by atoms with Crippen molar-refractivity contribution in [3.63, 3.8) is 0 Å². The number of aromatic nitrogens is 2. The maximum absolute atomic E-state index is 4.54. The summed E-state index contributed by atoms with van der Waals surface area (Å²) in [6.45, 7) is 7.13. The molecule has 0 saturated carbocycles. The van der Waals surface area contributed by atoms with E-state index in [1.165, 1.54) is 10.5 Å². The Bertz CT molecular complexity index is 555. The third kappa shape index (κ3) is 4.24. The van der Waals surface area contributed by atoms with Crippen LogP contribution in [0.3, 0.4) is 0 Å². The van der Waals surface area contributed by atoms with E-state index in [4.69, 9.17) is 0 Å². The van der Waals surface area contributed by atoms with Crippen molar-refractivity contribution in [3.8, 4) is 0 Å². The fourth-order valence-corrected chi connectivity index (χ4v) is 2.70. The first-order chi connectivity index (χ1) is 9.17. The lowest BCUT2D eigenvalue weighted by molar-refractivity contribution is 0.924. The van der Waals surface area contributed by atoms with Crippen molar-refractivity contribution < 1.29 is 0 Å². The Morgan fingerprint density at radius 2 is 2.00 bits per heavy atom. The zero-order valence-corrected chi connectivity index (χ0v) is 12.4. The van der Waals surface area contributed by atoms with E-state index in [-0.39, 0.29) is 0 Å². The number of benzene rings is 1. The van der Waals surface area contributed by atoms with Gasteiger partial charge in [-0.1, -0.05) is 36.4 Å². The van der Waals surface area contributed by atoms with Crippen LogP contribution in [-0.4, -0.2) is 16.5 Å². The number of hydrogen-bond acceptors (Lipinski definition) is 4. The molecule has 1 aromatic heterocycles. The largest absolute Gasteiger partial charge is 0.354 e. The lowest BCUT2D eigenvalue weighted by Crippen LogP contribution is -2.05. The Kier molecular flexibility index (Phi) is 4.80. The number of hydrogen-bond donors (Lipinski definition) is 1. The summed E-state index contributed by atoms with van der Waals surface area (Å²) in [5, 5.41) is 4.22. The van der Waals surface area contributed by atoms with E-state index in [2.05, 4.69) is 53.4 Å². The highest BCUT2D eigenvalue weighted by Crippen LogP contribution is 2.27. The summed E-state index contributed by atoms with van der Waals surface area (Å²) in [4.78, 5) is 10.1. The minimum absolute atomic E-state index is 0.719. The molecule has 1 aromatic carbocycles. The van der Waals surface area contributed by atoms with Gasteiger partial charge in [-0.05, 0) is 38.5 Å². The lowest BCUT2D eigenvalue weighted by Gasteiger charge is -2.07. The Balaban J connectivity index is 2.17. The lowest BCUT2D eigenvalue weighted by atomic mass is 10.2. The quantitative estimate of drug-likeness (QED) is 0.833. The standard InChI is InChI=1S/C15H19N3S/c1-4-8-16-15-17-12(3)10-14(18-15)19-13-7-5-6-11(2)9-13/h5-7,9-10H,4,8H2,1-3H3,(H,16,17,18). The molecule has 19 heavy (non-hydrogen) atoms. The summed E-state index contributed by atoms with van der Waals surface area (Å²) in [6.07, 6.45) is 1.07. The molecule has 0 aliphatic heterocycles. The molecule has 0 amide bonds. The summed E-state index contributed by atoms with van der Waals surface area (Å²) < 4.78 is 0. The third-order valence-electron chi connectivity index (χ3n) is 2.58. The average Bonchev–Trinajstić information content (AvgIpc) is 2.35. The molecular formula is C15H19N3S. The van der Waals surface area contributed by atoms with Crippen LogP contribution in [0.15, 0.2) is 40.3 Å². The fourth-order valence-electron chi connectivity index (χ4n) is 1.71. The van der Waals surface area contributed by atoms with Crippen LogP contribution in [0, 0.1) is 13.8 Å². The Morgan fingerprint density at radius 1 is 1.16 bits per heavy atom. The number of rotatable bonds is 5. The Morgan fingerprint density at radius 3 is 2.74 bits per heavy atom. The molecule has 2 rings (SSSR count). The van der Waals surface area contributed by atoms with E-state index in [0.717, 1.165) is 29.6 Å². The van der Waals surface area contributed by atoms with Crippen LogP contribution in [0.1, 0.15) is 24.6 Å². The predicted octanol–water partition coefficient (Wildman–Crippen LogP) is 4.07. The number of nitrogens with zero attached hydrogens (tertiary/aromatic N) is 2. The minimum atomic E-state index is 0.719. The van der Waals surface area contributed by atoms with Crippen molar-refractivity contribution in [2.24, 2.45) is 0 Å². The van der Waals surface area contributed by atoms with Gasteiger partial charge in [-0.2, -0.15) is 0 Å². The van der Waals surface area contributed by atoms with Crippen LogP contribution in [0.2, 0.25) is 0 Å². The van der Waals surface area contributed by atoms with Crippen molar-refractivity contribution in [2.75, 3.05) is 11.9 Å². The van der Waals surface area contributed by atoms with Gasteiger partial charge in [0.25, 0.3) is 0 Å². The zero-order valence-electron chi connectivity index (χ0n) is 11.6. The van der Waals surface area contributed by atoms with E-state index in [1.807, 2.05) is 13.0 Å². The molecule has 3 nitrogen and oxygen atoms in total. The molecule has 0 spiro atoms. The van der Waals surface area contributed by atoms with E-state index in [0.29, 0.717) is 0 Å². The summed E-state index contributed by atoms with van der Waals surface area (Å²) >= 11 is 1.67. The molecule has 0 unspecified atom stereocenters. The van der Waals surface area contributed by atoms with Crippen LogP contribution in [0.25, 0.3) is 0 Å². The third-order valence-corrected chi connectivity index (χ3v) is 3.48. The summed E-state index contributed by atoms with van der Waals surface area (Å²) in [6, 6.07) is 10.5. The predicted molar refractivity (Wildman–Crippen MR) is 80.9 cm³/mol. The van der Waals surface area contributed by atoms with Crippen LogP contribution < -0.4 is 5.32 Å². The van der Waals surface area contributed by atoms with Gasteiger partial charge in [-0.3, -0.25) is 0 Å². The van der Waals surface area contributed by atoms with Crippen LogP contribution in [0.5, 0.6) is 0 Å². The summed E-state index contributed by atoms with van der Waals surface area (Å²) in [7, 11) is 0. The normalized spacial score (nSPS) is 10.5. The molecule has 0 bridgehead atoms. The van der Waals surface area contributed by atoms with E-state index < -0.39 is 0 Å². The monoisotopic (exact) mass is 273 g/mol. The van der Waals surface area contributed by atoms with Crippen molar-refractivity contribution in [1.29, 1.82) is 0 Å². The van der Waals surface area contributed by atoms with Crippen molar-refractivity contribution in [2.45, 2.75) is 37.1 Å². The molecule has 2 aromatic rings. The molecule has 1 heterocycles. The Labute approximate surface area is 118 Å². The van der Waals surface area contributed by atoms with E-state index in [9.17, 15) is 0 Å². The highest BCUT2D eigenvalue weighted by atomic mass is 32.2. The van der Waals surface area contributed by atoms with Gasteiger partial charge < -0.3 is 5.32 Å². The van der Waals surface area contributed by atoms with Gasteiger partial charge in [0.2, 0.25) is 5.95 Å². The van der Waals surface area contributed by atoms with Gasteiger partial charge in [0.1, 0.15) is 5.03 Å². The first kappa shape index (κ1) is 13.9. The van der Waals surface area contributed by atoms with Crippen molar-refractivity contribution >= 4 is 17.7 Å². The fraction of sp³-hybridized carbons (Fsp3) is 0.333. The van der Waals surface area contributed by atoms with Crippen LogP contribution in [0.4, 0.5) is 5.95 Å². The molecule has 1 N–H and O–H groups in total. The number of nitrogens with one attached hydrogen (secondary N) is 1. The van der Waals surface area contributed by atoms with Crippen molar-refractivity contribution in [1.82, 2.24) is 9.97 Å². The van der Waals surface area contributed by atoms with Gasteiger partial charge in [-0.25, -0.2) is 9.97 Å². The second-order valence-electron chi connectivity index (χ2n) is 4.52. The van der Waals surface area contributed by atoms with Gasteiger partial charge in [0, 0.05) is 17.1 Å². The second-order valence-corrected chi connectivity index (χ2v) is 5.61. The van der Waals surface area contributed by atoms with Gasteiger partial charge in [0.05, 0.1) is 0 Å². The maximum Gasteiger partial charge on any atom is 0.223 e. The Hall–Kier alpha value is -1.55. The number of anilines is 1. The molecule has 0 saturated heterocycles. The topological polar surface area (TPSA) is 37.8 Å². The minimum Gasteiger partial charge on any atom is -0.354 e. The highest BCUT2D eigenvalue weighted by Gasteiger charge is 2.04. The first-order valence-electron chi connectivity index (χ1n) is 6.51. The van der Waals surface area contributed by atoms with Crippen LogP contribution in [-0.2, 0) is 0 Å². The molecule has 100 valence electrons. The molecule has 0 radical (unpaired) electrons.